The molecule has 0 saturated carbocycles. The Labute approximate surface area is 284 Å². The van der Waals surface area contributed by atoms with Crippen LogP contribution in [-0.2, 0) is 43.3 Å². The van der Waals surface area contributed by atoms with Crippen LogP contribution in [0.15, 0.2) is 110 Å². The lowest BCUT2D eigenvalue weighted by molar-refractivity contribution is -0.149. The summed E-state index contributed by atoms with van der Waals surface area (Å²) in [7, 11) is 0. The van der Waals surface area contributed by atoms with Crippen LogP contribution in [0.4, 0.5) is 0 Å². The van der Waals surface area contributed by atoms with Crippen LogP contribution >= 0.6 is 0 Å². The average molecular weight is 657 g/mol. The fourth-order valence-corrected chi connectivity index (χ4v) is 5.09. The summed E-state index contributed by atoms with van der Waals surface area (Å²) in [6.45, 7) is 8.58. The molecule has 3 aromatic rings. The summed E-state index contributed by atoms with van der Waals surface area (Å²) in [5, 5.41) is 14.6. The highest BCUT2D eigenvalue weighted by Gasteiger charge is 2.26. The molecule has 3 aromatic carbocycles. The van der Waals surface area contributed by atoms with Crippen molar-refractivity contribution in [3.05, 3.63) is 127 Å². The van der Waals surface area contributed by atoms with Crippen LogP contribution in [0.5, 0.6) is 5.75 Å². The number of allylic oxidation sites excluding steroid dienone is 2. The Kier molecular flexibility index (Phi) is 17.3. The molecule has 2 amide bonds. The Hall–Kier alpha value is -4.73. The molecule has 48 heavy (non-hydrogen) atoms. The highest BCUT2D eigenvalue weighted by atomic mass is 16.5. The smallest absolute Gasteiger partial charge is 0.309 e. The normalized spacial score (nSPS) is 12.6. The van der Waals surface area contributed by atoms with E-state index in [0.717, 1.165) is 16.7 Å². The Morgan fingerprint density at radius 3 is 2.04 bits per heavy atom. The molecule has 3 unspecified atom stereocenters. The molecule has 0 aliphatic rings. The van der Waals surface area contributed by atoms with Crippen LogP contribution in [0.1, 0.15) is 36.0 Å². The number of hydrogen-bond acceptors (Lipinski definition) is 7. The topological polar surface area (TPSA) is 123 Å². The fourth-order valence-electron chi connectivity index (χ4n) is 5.09. The Morgan fingerprint density at radius 1 is 0.771 bits per heavy atom. The summed E-state index contributed by atoms with van der Waals surface area (Å²) in [5.41, 5.74) is 2.99. The molecule has 256 valence electrons. The molecule has 3 N–H and O–H groups in total. The van der Waals surface area contributed by atoms with E-state index < -0.39 is 17.9 Å². The van der Waals surface area contributed by atoms with E-state index in [-0.39, 0.29) is 57.2 Å². The van der Waals surface area contributed by atoms with Gasteiger partial charge < -0.3 is 30.0 Å². The van der Waals surface area contributed by atoms with Gasteiger partial charge in [-0.15, -0.1) is 13.2 Å². The van der Waals surface area contributed by atoms with Crippen LogP contribution in [0.25, 0.3) is 0 Å². The third kappa shape index (κ3) is 14.4. The highest BCUT2D eigenvalue weighted by molar-refractivity contribution is 5.86. The molecule has 0 heterocycles. The van der Waals surface area contributed by atoms with Crippen molar-refractivity contribution in [1.82, 2.24) is 10.6 Å². The molecule has 3 rings (SSSR count). The van der Waals surface area contributed by atoms with E-state index in [1.54, 1.807) is 12.2 Å². The molecule has 0 spiro atoms. The third-order valence-corrected chi connectivity index (χ3v) is 7.59. The molecule has 0 saturated heterocycles. The first-order valence-corrected chi connectivity index (χ1v) is 16.4. The molecular formula is C39H48N2O7. The third-order valence-electron chi connectivity index (χ3n) is 7.59. The largest absolute Gasteiger partial charge is 0.489 e. The van der Waals surface area contributed by atoms with Crippen LogP contribution in [0, 0.1) is 11.8 Å². The van der Waals surface area contributed by atoms with E-state index in [1.807, 2.05) is 84.9 Å². The maximum atomic E-state index is 13.5. The molecule has 0 bridgehead atoms. The summed E-state index contributed by atoms with van der Waals surface area (Å²) < 4.78 is 16.9. The van der Waals surface area contributed by atoms with Crippen molar-refractivity contribution >= 4 is 17.8 Å². The van der Waals surface area contributed by atoms with Crippen molar-refractivity contribution in [2.75, 3.05) is 33.0 Å². The van der Waals surface area contributed by atoms with Crippen molar-refractivity contribution in [3.63, 3.8) is 0 Å². The summed E-state index contributed by atoms with van der Waals surface area (Å²) in [6.07, 6.45) is 4.91. The van der Waals surface area contributed by atoms with E-state index in [1.165, 1.54) is 0 Å². The van der Waals surface area contributed by atoms with Crippen molar-refractivity contribution in [2.45, 2.75) is 44.8 Å². The van der Waals surface area contributed by atoms with E-state index in [2.05, 4.69) is 23.8 Å². The fraction of sp³-hybridized carbons (Fsp3) is 0.359. The SMILES string of the molecule is C=CCC(CC(=O)NCCOCCO)C(=O)NC(COC(=O)C(CC=C)Cc1ccccc1)Cc1ccc(OCc2ccccc2)cc1. The van der Waals surface area contributed by atoms with Gasteiger partial charge in [0.2, 0.25) is 11.8 Å². The van der Waals surface area contributed by atoms with Gasteiger partial charge in [0.1, 0.15) is 19.0 Å². The Bertz CT molecular complexity index is 1400. The van der Waals surface area contributed by atoms with E-state index in [9.17, 15) is 14.4 Å². The zero-order valence-electron chi connectivity index (χ0n) is 27.6. The molecule has 9 heteroatoms. The number of ether oxygens (including phenoxy) is 3. The molecule has 0 radical (unpaired) electrons. The number of aliphatic hydroxyl groups is 1. The second-order valence-electron chi connectivity index (χ2n) is 11.5. The minimum absolute atomic E-state index is 0.0453. The predicted octanol–water partition coefficient (Wildman–Crippen LogP) is 4.98. The maximum Gasteiger partial charge on any atom is 0.309 e. The first-order valence-electron chi connectivity index (χ1n) is 16.4. The number of aliphatic hydroxyl groups excluding tert-OH is 1. The standard InChI is InChI=1S/C39H48N2O7/c1-3-11-33(27-37(43)40-21-23-46-24-22-42)38(44)41-35(29-48-39(45)34(12-4-2)25-30-13-7-5-8-14-30)26-31-17-19-36(20-18-31)47-28-32-15-9-6-10-16-32/h3-10,13-20,33-35,42H,1-2,11-12,21-29H2,(H,40,43)(H,41,44). The molecular weight excluding hydrogens is 608 g/mol. The number of amides is 2. The van der Waals surface area contributed by atoms with Gasteiger partial charge in [-0.05, 0) is 54.5 Å². The summed E-state index contributed by atoms with van der Waals surface area (Å²) in [6, 6.07) is 26.6. The highest BCUT2D eigenvalue weighted by Crippen LogP contribution is 2.18. The van der Waals surface area contributed by atoms with Crippen molar-refractivity contribution < 1.29 is 33.7 Å². The first kappa shape index (κ1) is 37.7. The van der Waals surface area contributed by atoms with Gasteiger partial charge in [0.05, 0.1) is 37.7 Å². The van der Waals surface area contributed by atoms with Gasteiger partial charge in [0.15, 0.2) is 0 Å². The molecule has 0 aliphatic carbocycles. The lowest BCUT2D eigenvalue weighted by Gasteiger charge is -2.23. The van der Waals surface area contributed by atoms with E-state index in [4.69, 9.17) is 19.3 Å². The van der Waals surface area contributed by atoms with Crippen LogP contribution < -0.4 is 15.4 Å². The van der Waals surface area contributed by atoms with Gasteiger partial charge in [0, 0.05) is 13.0 Å². The number of rotatable bonds is 23. The molecule has 0 aliphatic heterocycles. The number of nitrogens with one attached hydrogen (secondary N) is 2. The number of carbonyl (C=O) groups excluding carboxylic acids is 3. The number of hydrogen-bond donors (Lipinski definition) is 3. The zero-order chi connectivity index (χ0) is 34.4. The minimum Gasteiger partial charge on any atom is -0.489 e. The average Bonchev–Trinajstić information content (AvgIpc) is 3.10. The lowest BCUT2D eigenvalue weighted by atomic mass is 9.96. The quantitative estimate of drug-likeness (QED) is 0.0748. The summed E-state index contributed by atoms with van der Waals surface area (Å²) in [5.74, 6) is -1.38. The zero-order valence-corrected chi connectivity index (χ0v) is 27.6. The lowest BCUT2D eigenvalue weighted by Crippen LogP contribution is -2.44. The second-order valence-corrected chi connectivity index (χ2v) is 11.5. The number of benzene rings is 3. The number of carbonyl (C=O) groups is 3. The molecule has 3 atom stereocenters. The molecule has 9 nitrogen and oxygen atoms in total. The summed E-state index contributed by atoms with van der Waals surface area (Å²) >= 11 is 0. The number of esters is 1. The van der Waals surface area contributed by atoms with Crippen LogP contribution in [0.3, 0.4) is 0 Å². The van der Waals surface area contributed by atoms with Gasteiger partial charge in [-0.25, -0.2) is 0 Å². The van der Waals surface area contributed by atoms with Crippen LogP contribution in [0.2, 0.25) is 0 Å². The van der Waals surface area contributed by atoms with Gasteiger partial charge in [-0.3, -0.25) is 14.4 Å². The van der Waals surface area contributed by atoms with Gasteiger partial charge in [-0.1, -0.05) is 84.9 Å². The molecule has 0 aromatic heterocycles. The monoisotopic (exact) mass is 656 g/mol. The van der Waals surface area contributed by atoms with Crippen molar-refractivity contribution in [3.8, 4) is 5.75 Å². The predicted molar refractivity (Wildman–Crippen MR) is 186 cm³/mol. The van der Waals surface area contributed by atoms with Gasteiger partial charge >= 0.3 is 5.97 Å². The van der Waals surface area contributed by atoms with Crippen LogP contribution in [-0.4, -0.2) is 61.9 Å². The van der Waals surface area contributed by atoms with Crippen molar-refractivity contribution in [1.29, 1.82) is 0 Å². The van der Waals surface area contributed by atoms with Gasteiger partial charge in [0.25, 0.3) is 0 Å². The van der Waals surface area contributed by atoms with Gasteiger partial charge in [-0.2, -0.15) is 0 Å². The molecule has 0 fully saturated rings. The van der Waals surface area contributed by atoms with E-state index in [0.29, 0.717) is 38.0 Å². The minimum atomic E-state index is -0.667. The second kappa shape index (κ2) is 22.0. The maximum absolute atomic E-state index is 13.5. The Balaban J connectivity index is 1.68. The Morgan fingerprint density at radius 2 is 1.40 bits per heavy atom. The van der Waals surface area contributed by atoms with Crippen molar-refractivity contribution in [2.24, 2.45) is 11.8 Å². The van der Waals surface area contributed by atoms with E-state index >= 15 is 0 Å². The first-order chi connectivity index (χ1) is 23.4. The summed E-state index contributed by atoms with van der Waals surface area (Å²) in [4.78, 5) is 39.4.